The van der Waals surface area contributed by atoms with Gasteiger partial charge in [0, 0.05) is 5.69 Å². The van der Waals surface area contributed by atoms with Crippen molar-refractivity contribution in [2.75, 3.05) is 17.1 Å². The number of carbonyl (C=O) groups is 1. The highest BCUT2D eigenvalue weighted by Crippen LogP contribution is 2.35. The van der Waals surface area contributed by atoms with Crippen LogP contribution in [0.2, 0.25) is 0 Å². The second-order valence-corrected chi connectivity index (χ2v) is 5.14. The number of alkyl halides is 3. The summed E-state index contributed by atoms with van der Waals surface area (Å²) in [4.78, 5) is 11.0. The molecule has 0 spiro atoms. The van der Waals surface area contributed by atoms with Crippen molar-refractivity contribution in [3.05, 3.63) is 23.8 Å². The molecule has 118 valence electrons. The van der Waals surface area contributed by atoms with Crippen LogP contribution in [0.4, 0.5) is 29.3 Å². The Bertz CT molecular complexity index is 631. The number of benzene rings is 1. The van der Waals surface area contributed by atoms with Gasteiger partial charge in [0.2, 0.25) is 0 Å². The van der Waals surface area contributed by atoms with Gasteiger partial charge in [-0.25, -0.2) is 9.52 Å². The van der Waals surface area contributed by atoms with E-state index in [9.17, 15) is 26.4 Å². The summed E-state index contributed by atoms with van der Waals surface area (Å²) in [5, 5.41) is 0. The van der Waals surface area contributed by atoms with Crippen molar-refractivity contribution in [3.8, 4) is 0 Å². The molecule has 0 fully saturated rings. The van der Waals surface area contributed by atoms with Gasteiger partial charge < -0.3 is 10.5 Å². The summed E-state index contributed by atoms with van der Waals surface area (Å²) in [5.74, 6) is 0. The number of halogens is 3. The van der Waals surface area contributed by atoms with Crippen molar-refractivity contribution >= 4 is 27.7 Å². The largest absolute Gasteiger partial charge is 0.449 e. The van der Waals surface area contributed by atoms with Crippen LogP contribution in [-0.4, -0.2) is 21.1 Å². The van der Waals surface area contributed by atoms with Gasteiger partial charge in [-0.05, 0) is 25.1 Å². The molecule has 0 heterocycles. The molecule has 0 aliphatic heterocycles. The van der Waals surface area contributed by atoms with Crippen LogP contribution in [0, 0.1) is 0 Å². The Morgan fingerprint density at radius 1 is 1.38 bits per heavy atom. The molecule has 1 amide bonds. The van der Waals surface area contributed by atoms with Crippen LogP contribution in [-0.2, 0) is 21.1 Å². The first-order chi connectivity index (χ1) is 9.55. The van der Waals surface area contributed by atoms with E-state index in [1.807, 2.05) is 0 Å². The number of anilines is 2. The standard InChI is InChI=1S/C10H12F3N3O4S/c1-2-20-9(17)16-21(18,19)15-6-3-4-8(14)7(5-6)10(11,12)13/h3-5,15H,2,14H2,1H3,(H,16,17). The smallest absolute Gasteiger partial charge is 0.422 e. The Morgan fingerprint density at radius 2 is 2.00 bits per heavy atom. The van der Waals surface area contributed by atoms with Crippen molar-refractivity contribution in [3.63, 3.8) is 0 Å². The Hall–Kier alpha value is -2.17. The van der Waals surface area contributed by atoms with Crippen molar-refractivity contribution in [1.82, 2.24) is 4.72 Å². The van der Waals surface area contributed by atoms with E-state index in [0.717, 1.165) is 12.1 Å². The number of hydrogen-bond acceptors (Lipinski definition) is 5. The first kappa shape index (κ1) is 16.9. The maximum Gasteiger partial charge on any atom is 0.422 e. The quantitative estimate of drug-likeness (QED) is 0.729. The number of hydrogen-bond donors (Lipinski definition) is 3. The van der Waals surface area contributed by atoms with E-state index in [1.165, 1.54) is 11.6 Å². The predicted molar refractivity (Wildman–Crippen MR) is 68.6 cm³/mol. The molecule has 7 nitrogen and oxygen atoms in total. The van der Waals surface area contributed by atoms with Gasteiger partial charge in [0.1, 0.15) is 0 Å². The van der Waals surface area contributed by atoms with E-state index in [-0.39, 0.29) is 6.61 Å². The number of carbonyl (C=O) groups excluding carboxylic acids is 1. The first-order valence-electron chi connectivity index (χ1n) is 5.49. The zero-order valence-electron chi connectivity index (χ0n) is 10.7. The molecule has 0 aliphatic carbocycles. The number of ether oxygens (including phenoxy) is 1. The van der Waals surface area contributed by atoms with Gasteiger partial charge in [-0.15, -0.1) is 0 Å². The van der Waals surface area contributed by atoms with Crippen molar-refractivity contribution in [1.29, 1.82) is 0 Å². The molecular formula is C10H12F3N3O4S. The van der Waals surface area contributed by atoms with E-state index >= 15 is 0 Å². The van der Waals surface area contributed by atoms with Crippen LogP contribution in [0.25, 0.3) is 0 Å². The van der Waals surface area contributed by atoms with Crippen molar-refractivity contribution in [2.24, 2.45) is 0 Å². The number of amides is 1. The van der Waals surface area contributed by atoms with E-state index in [1.54, 1.807) is 4.72 Å². The molecule has 0 radical (unpaired) electrons. The third-order valence-electron chi connectivity index (χ3n) is 2.10. The van der Waals surface area contributed by atoms with Crippen LogP contribution in [0.3, 0.4) is 0 Å². The summed E-state index contributed by atoms with van der Waals surface area (Å²) in [5.41, 5.74) is 3.02. The van der Waals surface area contributed by atoms with Crippen molar-refractivity contribution < 1.29 is 31.1 Å². The molecule has 0 unspecified atom stereocenters. The molecule has 0 aromatic heterocycles. The Kier molecular flexibility index (Phi) is 4.88. The number of rotatable bonds is 4. The second kappa shape index (κ2) is 6.08. The minimum atomic E-state index is -4.74. The number of nitrogen functional groups attached to an aromatic ring is 1. The molecule has 0 aliphatic rings. The third-order valence-corrected chi connectivity index (χ3v) is 3.04. The molecule has 11 heteroatoms. The third kappa shape index (κ3) is 5.02. The van der Waals surface area contributed by atoms with Gasteiger partial charge in [-0.2, -0.15) is 21.6 Å². The summed E-state index contributed by atoms with van der Waals surface area (Å²) in [7, 11) is -4.41. The maximum absolute atomic E-state index is 12.6. The van der Waals surface area contributed by atoms with Crippen LogP contribution < -0.4 is 15.2 Å². The lowest BCUT2D eigenvalue weighted by atomic mass is 10.1. The molecule has 0 saturated carbocycles. The summed E-state index contributed by atoms with van der Waals surface area (Å²) < 4.78 is 68.4. The normalized spacial score (nSPS) is 11.8. The molecule has 0 bridgehead atoms. The van der Waals surface area contributed by atoms with Crippen molar-refractivity contribution in [2.45, 2.75) is 13.1 Å². The highest BCUT2D eigenvalue weighted by atomic mass is 32.2. The van der Waals surface area contributed by atoms with Crippen LogP contribution in [0.5, 0.6) is 0 Å². The van der Waals surface area contributed by atoms with Gasteiger partial charge in [-0.3, -0.25) is 4.72 Å². The minimum Gasteiger partial charge on any atom is -0.449 e. The van der Waals surface area contributed by atoms with E-state index in [4.69, 9.17) is 5.73 Å². The van der Waals surface area contributed by atoms with Gasteiger partial charge in [0.05, 0.1) is 17.9 Å². The average Bonchev–Trinajstić information content (AvgIpc) is 2.29. The van der Waals surface area contributed by atoms with Crippen LogP contribution >= 0.6 is 0 Å². The fourth-order valence-electron chi connectivity index (χ4n) is 1.32. The SMILES string of the molecule is CCOC(=O)NS(=O)(=O)Nc1ccc(N)c(C(F)(F)F)c1. The fraction of sp³-hybridized carbons (Fsp3) is 0.300. The molecular weight excluding hydrogens is 315 g/mol. The first-order valence-corrected chi connectivity index (χ1v) is 6.97. The van der Waals surface area contributed by atoms with Gasteiger partial charge in [0.25, 0.3) is 0 Å². The predicted octanol–water partition coefficient (Wildman–Crippen LogP) is 1.69. The monoisotopic (exact) mass is 327 g/mol. The lowest BCUT2D eigenvalue weighted by Crippen LogP contribution is -2.35. The summed E-state index contributed by atoms with van der Waals surface area (Å²) in [6.45, 7) is 1.39. The molecule has 0 atom stereocenters. The number of nitrogens with one attached hydrogen (secondary N) is 2. The highest BCUT2D eigenvalue weighted by molar-refractivity contribution is 7.91. The fourth-order valence-corrected chi connectivity index (χ4v) is 2.08. The summed E-state index contributed by atoms with van der Waals surface area (Å²) in [6, 6.07) is 2.43. The Morgan fingerprint density at radius 3 is 2.52 bits per heavy atom. The zero-order valence-corrected chi connectivity index (χ0v) is 11.5. The van der Waals surface area contributed by atoms with Gasteiger partial charge >= 0.3 is 22.5 Å². The molecule has 21 heavy (non-hydrogen) atoms. The Balaban J connectivity index is 2.96. The average molecular weight is 327 g/mol. The summed E-state index contributed by atoms with van der Waals surface area (Å²) in [6.07, 6.45) is -5.99. The maximum atomic E-state index is 12.6. The van der Waals surface area contributed by atoms with E-state index in [2.05, 4.69) is 4.74 Å². The van der Waals surface area contributed by atoms with Gasteiger partial charge in [0.15, 0.2) is 0 Å². The van der Waals surface area contributed by atoms with Gasteiger partial charge in [-0.1, -0.05) is 0 Å². The molecule has 1 aromatic rings. The number of nitrogens with two attached hydrogens (primary N) is 1. The van der Waals surface area contributed by atoms with Crippen LogP contribution in [0.1, 0.15) is 12.5 Å². The van der Waals surface area contributed by atoms with Crippen LogP contribution in [0.15, 0.2) is 18.2 Å². The lowest BCUT2D eigenvalue weighted by Gasteiger charge is -2.13. The molecule has 1 rings (SSSR count). The van der Waals surface area contributed by atoms with E-state index < -0.39 is 39.4 Å². The molecule has 4 N–H and O–H groups in total. The highest BCUT2D eigenvalue weighted by Gasteiger charge is 2.33. The Labute approximate surface area is 118 Å². The topological polar surface area (TPSA) is 111 Å². The second-order valence-electron chi connectivity index (χ2n) is 3.73. The molecule has 0 saturated heterocycles. The zero-order chi connectivity index (χ0) is 16.3. The lowest BCUT2D eigenvalue weighted by molar-refractivity contribution is -0.136. The minimum absolute atomic E-state index is 0.0680. The summed E-state index contributed by atoms with van der Waals surface area (Å²) >= 11 is 0. The van der Waals surface area contributed by atoms with E-state index in [0.29, 0.717) is 6.07 Å². The molecule has 1 aromatic carbocycles.